The number of carbonyl (C=O) groups is 1. The summed E-state index contributed by atoms with van der Waals surface area (Å²) in [4.78, 5) is 21.4. The van der Waals surface area contributed by atoms with Crippen LogP contribution >= 0.6 is 0 Å². The fourth-order valence-corrected chi connectivity index (χ4v) is 5.21. The fraction of sp³-hybridized carbons (Fsp3) is 0.520. The third-order valence-corrected chi connectivity index (χ3v) is 7.20. The van der Waals surface area contributed by atoms with E-state index >= 15 is 0 Å². The highest BCUT2D eigenvalue weighted by Gasteiger charge is 2.33. The monoisotopic (exact) mass is 435 g/mol. The second-order valence-electron chi connectivity index (χ2n) is 9.49. The standard InChI is InChI=1S/C25H33N5O2/c1-20-26-10-15-29(20)19-25(32)8-13-27(14-9-25)16-21-17-30(23-7-3-2-6-22(21)23)18-24(31)28-11-4-5-12-28/h2-3,6-7,10,15,17,32H,4-5,8-9,11-14,16,18-19H2,1H3. The number of amides is 1. The molecule has 2 fully saturated rings. The molecule has 1 aromatic carbocycles. The number of rotatable bonds is 6. The molecule has 0 radical (unpaired) electrons. The van der Waals surface area contributed by atoms with E-state index in [0.717, 1.165) is 69.7 Å². The van der Waals surface area contributed by atoms with Gasteiger partial charge in [-0.1, -0.05) is 18.2 Å². The van der Waals surface area contributed by atoms with Crippen molar-refractivity contribution in [2.45, 2.75) is 57.8 Å². The van der Waals surface area contributed by atoms with Crippen molar-refractivity contribution in [2.24, 2.45) is 0 Å². The Kier molecular flexibility index (Phi) is 5.78. The van der Waals surface area contributed by atoms with Crippen LogP contribution in [0.3, 0.4) is 0 Å². The number of para-hydroxylation sites is 1. The molecule has 2 aliphatic heterocycles. The van der Waals surface area contributed by atoms with Gasteiger partial charge in [-0.25, -0.2) is 4.98 Å². The van der Waals surface area contributed by atoms with E-state index in [0.29, 0.717) is 13.1 Å². The molecule has 5 rings (SSSR count). The Labute approximate surface area is 189 Å². The Balaban J connectivity index is 1.26. The Hall–Kier alpha value is -2.64. The number of hydrogen-bond acceptors (Lipinski definition) is 4. The maximum absolute atomic E-state index is 12.7. The third kappa shape index (κ3) is 4.32. The van der Waals surface area contributed by atoms with Crippen LogP contribution < -0.4 is 0 Å². The molecule has 7 nitrogen and oxygen atoms in total. The van der Waals surface area contributed by atoms with Crippen molar-refractivity contribution in [1.29, 1.82) is 0 Å². The van der Waals surface area contributed by atoms with Gasteiger partial charge in [0.15, 0.2) is 0 Å². The Morgan fingerprint density at radius 1 is 1.09 bits per heavy atom. The number of hydrogen-bond donors (Lipinski definition) is 1. The molecular formula is C25H33N5O2. The summed E-state index contributed by atoms with van der Waals surface area (Å²) < 4.78 is 4.16. The Bertz CT molecular complexity index is 1090. The maximum Gasteiger partial charge on any atom is 0.242 e. The van der Waals surface area contributed by atoms with Gasteiger partial charge in [-0.2, -0.15) is 0 Å². The Morgan fingerprint density at radius 3 is 2.56 bits per heavy atom. The van der Waals surface area contributed by atoms with Gasteiger partial charge in [0.05, 0.1) is 12.1 Å². The van der Waals surface area contributed by atoms with Gasteiger partial charge in [0.25, 0.3) is 0 Å². The predicted octanol–water partition coefficient (Wildman–Crippen LogP) is 2.80. The number of carbonyl (C=O) groups excluding carboxylic acids is 1. The number of fused-ring (bicyclic) bond motifs is 1. The second-order valence-corrected chi connectivity index (χ2v) is 9.49. The minimum absolute atomic E-state index is 0.215. The molecule has 2 saturated heterocycles. The summed E-state index contributed by atoms with van der Waals surface area (Å²) in [5.41, 5.74) is 1.70. The number of aliphatic hydroxyl groups is 1. The molecule has 170 valence electrons. The van der Waals surface area contributed by atoms with Gasteiger partial charge in [-0.3, -0.25) is 9.69 Å². The van der Waals surface area contributed by atoms with E-state index in [1.807, 2.05) is 28.7 Å². The lowest BCUT2D eigenvalue weighted by atomic mass is 9.91. The van der Waals surface area contributed by atoms with Crippen LogP contribution in [-0.2, 0) is 24.4 Å². The summed E-state index contributed by atoms with van der Waals surface area (Å²) in [6.07, 6.45) is 9.62. The molecule has 0 spiro atoms. The van der Waals surface area contributed by atoms with E-state index in [4.69, 9.17) is 0 Å². The maximum atomic E-state index is 12.7. The van der Waals surface area contributed by atoms with Crippen molar-refractivity contribution in [3.63, 3.8) is 0 Å². The molecule has 0 aliphatic carbocycles. The van der Waals surface area contributed by atoms with E-state index < -0.39 is 5.60 Å². The summed E-state index contributed by atoms with van der Waals surface area (Å²) >= 11 is 0. The van der Waals surface area contributed by atoms with Crippen molar-refractivity contribution >= 4 is 16.8 Å². The van der Waals surface area contributed by atoms with Gasteiger partial charge >= 0.3 is 0 Å². The van der Waals surface area contributed by atoms with Crippen LogP contribution in [-0.4, -0.2) is 66.7 Å². The number of aromatic nitrogens is 3. The lowest BCUT2D eigenvalue weighted by Crippen LogP contribution is -2.46. The summed E-state index contributed by atoms with van der Waals surface area (Å²) in [6.45, 7) is 7.32. The zero-order valence-corrected chi connectivity index (χ0v) is 18.9. The number of imidazole rings is 1. The van der Waals surface area contributed by atoms with E-state index in [9.17, 15) is 9.90 Å². The van der Waals surface area contributed by atoms with Crippen molar-refractivity contribution in [3.05, 3.63) is 54.2 Å². The van der Waals surface area contributed by atoms with E-state index in [1.54, 1.807) is 6.20 Å². The first-order chi connectivity index (χ1) is 15.5. The molecule has 2 aliphatic rings. The summed E-state index contributed by atoms with van der Waals surface area (Å²) in [6, 6.07) is 8.38. The molecule has 32 heavy (non-hydrogen) atoms. The van der Waals surface area contributed by atoms with Gasteiger partial charge in [0.2, 0.25) is 5.91 Å². The molecule has 0 unspecified atom stereocenters. The average Bonchev–Trinajstić information content (AvgIpc) is 3.53. The minimum atomic E-state index is -0.682. The van der Waals surface area contributed by atoms with Gasteiger partial charge < -0.3 is 19.1 Å². The van der Waals surface area contributed by atoms with E-state index in [1.165, 1.54) is 10.9 Å². The van der Waals surface area contributed by atoms with E-state index in [2.05, 4.69) is 38.8 Å². The first-order valence-electron chi connectivity index (χ1n) is 11.8. The van der Waals surface area contributed by atoms with Crippen LogP contribution in [0.2, 0.25) is 0 Å². The number of benzene rings is 1. The Morgan fingerprint density at radius 2 is 1.84 bits per heavy atom. The SMILES string of the molecule is Cc1nccn1CC1(O)CCN(Cc2cn(CC(=O)N3CCCC3)c3ccccc23)CC1. The smallest absolute Gasteiger partial charge is 0.242 e. The summed E-state index contributed by atoms with van der Waals surface area (Å²) in [5, 5.41) is 12.3. The van der Waals surface area contributed by atoms with Crippen molar-refractivity contribution in [1.82, 2.24) is 23.9 Å². The summed E-state index contributed by atoms with van der Waals surface area (Å²) in [7, 11) is 0. The molecule has 0 atom stereocenters. The van der Waals surface area contributed by atoms with Crippen LogP contribution in [0.15, 0.2) is 42.9 Å². The van der Waals surface area contributed by atoms with Gasteiger partial charge in [-0.15, -0.1) is 0 Å². The molecule has 1 amide bonds. The first-order valence-corrected chi connectivity index (χ1v) is 11.8. The van der Waals surface area contributed by atoms with Crippen LogP contribution in [0.25, 0.3) is 10.9 Å². The van der Waals surface area contributed by atoms with Gasteiger partial charge in [0.1, 0.15) is 12.4 Å². The highest BCUT2D eigenvalue weighted by molar-refractivity contribution is 5.86. The quantitative estimate of drug-likeness (QED) is 0.647. The highest BCUT2D eigenvalue weighted by atomic mass is 16.3. The number of nitrogens with zero attached hydrogens (tertiary/aromatic N) is 5. The number of piperidine rings is 1. The molecule has 2 aromatic heterocycles. The largest absolute Gasteiger partial charge is 0.388 e. The lowest BCUT2D eigenvalue weighted by Gasteiger charge is -2.38. The fourth-order valence-electron chi connectivity index (χ4n) is 5.21. The lowest BCUT2D eigenvalue weighted by molar-refractivity contribution is -0.130. The molecule has 1 N–H and O–H groups in total. The van der Waals surface area contributed by atoms with Crippen LogP contribution in [0.4, 0.5) is 0 Å². The van der Waals surface area contributed by atoms with Crippen molar-refractivity contribution < 1.29 is 9.90 Å². The number of aryl methyl sites for hydroxylation is 1. The molecule has 0 saturated carbocycles. The molecule has 7 heteroatoms. The van der Waals surface area contributed by atoms with Gasteiger partial charge in [0, 0.05) is 62.2 Å². The normalized spacial score (nSPS) is 19.1. The second kappa shape index (κ2) is 8.71. The summed E-state index contributed by atoms with van der Waals surface area (Å²) in [5.74, 6) is 1.16. The van der Waals surface area contributed by atoms with Gasteiger partial charge in [-0.05, 0) is 44.2 Å². The van der Waals surface area contributed by atoms with Crippen molar-refractivity contribution in [3.8, 4) is 0 Å². The zero-order chi connectivity index (χ0) is 22.1. The topological polar surface area (TPSA) is 66.5 Å². The number of likely N-dealkylation sites (tertiary alicyclic amines) is 2. The average molecular weight is 436 g/mol. The van der Waals surface area contributed by atoms with Crippen LogP contribution in [0.5, 0.6) is 0 Å². The first kappa shape index (κ1) is 21.2. The third-order valence-electron chi connectivity index (χ3n) is 7.20. The minimum Gasteiger partial charge on any atom is -0.388 e. The van der Waals surface area contributed by atoms with Crippen LogP contribution in [0, 0.1) is 6.92 Å². The van der Waals surface area contributed by atoms with E-state index in [-0.39, 0.29) is 5.91 Å². The van der Waals surface area contributed by atoms with Crippen molar-refractivity contribution in [2.75, 3.05) is 26.2 Å². The predicted molar refractivity (Wildman–Crippen MR) is 124 cm³/mol. The molecular weight excluding hydrogens is 402 g/mol. The zero-order valence-electron chi connectivity index (χ0n) is 18.9. The van der Waals surface area contributed by atoms with Crippen LogP contribution in [0.1, 0.15) is 37.1 Å². The molecule has 4 heterocycles. The highest BCUT2D eigenvalue weighted by Crippen LogP contribution is 2.28. The molecule has 3 aromatic rings. The molecule has 0 bridgehead atoms.